The number of hydrogen-bond acceptors (Lipinski definition) is 3. The molecule has 0 saturated carbocycles. The topological polar surface area (TPSA) is 64.0 Å². The zero-order chi connectivity index (χ0) is 16.1. The molecule has 5 nitrogen and oxygen atoms in total. The van der Waals surface area contributed by atoms with Crippen LogP contribution in [0.4, 0.5) is 4.39 Å². The third-order valence-electron chi connectivity index (χ3n) is 3.02. The molecule has 1 aromatic heterocycles. The SMILES string of the molecule is CC(C)CNC(=O)c1ccc(=O)n(Cc2ccc(F)cc2)n1. The normalized spacial score (nSPS) is 10.7. The van der Waals surface area contributed by atoms with Crippen LogP contribution in [-0.2, 0) is 6.54 Å². The van der Waals surface area contributed by atoms with Crippen molar-refractivity contribution in [2.75, 3.05) is 6.54 Å². The van der Waals surface area contributed by atoms with Gasteiger partial charge in [-0.15, -0.1) is 0 Å². The minimum absolute atomic E-state index is 0.183. The lowest BCUT2D eigenvalue weighted by Gasteiger charge is -2.09. The number of carbonyl (C=O) groups is 1. The van der Waals surface area contributed by atoms with E-state index in [4.69, 9.17) is 0 Å². The fraction of sp³-hybridized carbons (Fsp3) is 0.312. The van der Waals surface area contributed by atoms with Gasteiger partial charge in [0, 0.05) is 12.6 Å². The third-order valence-corrected chi connectivity index (χ3v) is 3.02. The first-order valence-corrected chi connectivity index (χ1v) is 7.06. The zero-order valence-corrected chi connectivity index (χ0v) is 12.5. The highest BCUT2D eigenvalue weighted by Crippen LogP contribution is 2.04. The molecule has 0 aliphatic carbocycles. The average Bonchev–Trinajstić information content (AvgIpc) is 2.49. The highest BCUT2D eigenvalue weighted by molar-refractivity contribution is 5.91. The Morgan fingerprint density at radius 3 is 2.55 bits per heavy atom. The fourth-order valence-electron chi connectivity index (χ4n) is 1.83. The molecule has 0 radical (unpaired) electrons. The predicted molar refractivity (Wildman–Crippen MR) is 81.2 cm³/mol. The van der Waals surface area contributed by atoms with E-state index in [-0.39, 0.29) is 29.5 Å². The molecule has 1 heterocycles. The molecule has 2 aromatic rings. The Balaban J connectivity index is 2.18. The fourth-order valence-corrected chi connectivity index (χ4v) is 1.83. The number of amides is 1. The Labute approximate surface area is 127 Å². The summed E-state index contributed by atoms with van der Waals surface area (Å²) < 4.78 is 14.1. The summed E-state index contributed by atoms with van der Waals surface area (Å²) in [7, 11) is 0. The first-order chi connectivity index (χ1) is 10.5. The number of carbonyl (C=O) groups excluding carboxylic acids is 1. The van der Waals surface area contributed by atoms with Crippen LogP contribution in [0, 0.1) is 11.7 Å². The summed E-state index contributed by atoms with van der Waals surface area (Å²) in [5.41, 5.74) is 0.600. The Morgan fingerprint density at radius 2 is 1.91 bits per heavy atom. The molecular formula is C16H18FN3O2. The van der Waals surface area contributed by atoms with Crippen molar-refractivity contribution in [1.29, 1.82) is 0 Å². The van der Waals surface area contributed by atoms with Gasteiger partial charge in [-0.25, -0.2) is 9.07 Å². The van der Waals surface area contributed by atoms with Crippen molar-refractivity contribution >= 4 is 5.91 Å². The van der Waals surface area contributed by atoms with Gasteiger partial charge in [-0.05, 0) is 29.7 Å². The number of rotatable bonds is 5. The van der Waals surface area contributed by atoms with E-state index in [0.29, 0.717) is 12.5 Å². The number of nitrogens with one attached hydrogen (secondary N) is 1. The maximum Gasteiger partial charge on any atom is 0.271 e. The van der Waals surface area contributed by atoms with Crippen molar-refractivity contribution in [3.05, 3.63) is 63.8 Å². The van der Waals surface area contributed by atoms with Gasteiger partial charge in [-0.2, -0.15) is 5.10 Å². The monoisotopic (exact) mass is 303 g/mol. The van der Waals surface area contributed by atoms with Crippen molar-refractivity contribution in [3.63, 3.8) is 0 Å². The van der Waals surface area contributed by atoms with Crippen LogP contribution >= 0.6 is 0 Å². The summed E-state index contributed by atoms with van der Waals surface area (Å²) in [5, 5.41) is 6.82. The lowest BCUT2D eigenvalue weighted by molar-refractivity contribution is 0.0941. The standard InChI is InChI=1S/C16H18FN3O2/c1-11(2)9-18-16(22)14-7-8-15(21)20(19-14)10-12-3-5-13(17)6-4-12/h3-8,11H,9-10H2,1-2H3,(H,18,22). The second-order valence-electron chi connectivity index (χ2n) is 5.44. The number of aromatic nitrogens is 2. The van der Waals surface area contributed by atoms with Crippen LogP contribution in [0.1, 0.15) is 29.9 Å². The Bertz CT molecular complexity index is 708. The zero-order valence-electron chi connectivity index (χ0n) is 12.5. The Kier molecular flexibility index (Phi) is 5.04. The summed E-state index contributed by atoms with van der Waals surface area (Å²) in [5.74, 6) is -0.332. The van der Waals surface area contributed by atoms with Gasteiger partial charge in [0.25, 0.3) is 11.5 Å². The highest BCUT2D eigenvalue weighted by Gasteiger charge is 2.10. The van der Waals surface area contributed by atoms with Crippen LogP contribution in [0.3, 0.4) is 0 Å². The summed E-state index contributed by atoms with van der Waals surface area (Å²) in [6.07, 6.45) is 0. The molecule has 0 atom stereocenters. The van der Waals surface area contributed by atoms with Gasteiger partial charge in [0.15, 0.2) is 0 Å². The maximum atomic E-state index is 12.9. The average molecular weight is 303 g/mol. The van der Waals surface area contributed by atoms with Crippen LogP contribution in [0.2, 0.25) is 0 Å². The summed E-state index contributed by atoms with van der Waals surface area (Å²) in [6, 6.07) is 8.50. The van der Waals surface area contributed by atoms with E-state index in [1.165, 1.54) is 28.9 Å². The van der Waals surface area contributed by atoms with E-state index in [0.717, 1.165) is 5.56 Å². The predicted octanol–water partition coefficient (Wildman–Crippen LogP) is 1.82. The summed E-state index contributed by atoms with van der Waals surface area (Å²) in [4.78, 5) is 23.8. The molecular weight excluding hydrogens is 285 g/mol. The second kappa shape index (κ2) is 6.98. The van der Waals surface area contributed by atoms with Crippen molar-refractivity contribution in [2.45, 2.75) is 20.4 Å². The van der Waals surface area contributed by atoms with E-state index >= 15 is 0 Å². The van der Waals surface area contributed by atoms with Gasteiger partial charge in [-0.1, -0.05) is 26.0 Å². The molecule has 22 heavy (non-hydrogen) atoms. The second-order valence-corrected chi connectivity index (χ2v) is 5.44. The van der Waals surface area contributed by atoms with Crippen LogP contribution in [0.15, 0.2) is 41.2 Å². The molecule has 2 rings (SSSR count). The molecule has 116 valence electrons. The minimum Gasteiger partial charge on any atom is -0.350 e. The molecule has 1 amide bonds. The quantitative estimate of drug-likeness (QED) is 0.916. The lowest BCUT2D eigenvalue weighted by atomic mass is 10.2. The number of hydrogen-bond donors (Lipinski definition) is 1. The Morgan fingerprint density at radius 1 is 1.23 bits per heavy atom. The molecule has 1 aromatic carbocycles. The molecule has 0 unspecified atom stereocenters. The molecule has 0 aliphatic rings. The molecule has 6 heteroatoms. The molecule has 0 saturated heterocycles. The summed E-state index contributed by atoms with van der Waals surface area (Å²) >= 11 is 0. The van der Waals surface area contributed by atoms with Crippen LogP contribution < -0.4 is 10.9 Å². The first-order valence-electron chi connectivity index (χ1n) is 7.06. The van der Waals surface area contributed by atoms with Gasteiger partial charge in [0.05, 0.1) is 6.54 Å². The van der Waals surface area contributed by atoms with Gasteiger partial charge in [0.2, 0.25) is 0 Å². The van der Waals surface area contributed by atoms with Crippen LogP contribution in [-0.4, -0.2) is 22.2 Å². The van der Waals surface area contributed by atoms with Crippen molar-refractivity contribution < 1.29 is 9.18 Å². The van der Waals surface area contributed by atoms with Crippen molar-refractivity contribution in [1.82, 2.24) is 15.1 Å². The number of benzene rings is 1. The lowest BCUT2D eigenvalue weighted by Crippen LogP contribution is -2.31. The van der Waals surface area contributed by atoms with Crippen LogP contribution in [0.5, 0.6) is 0 Å². The maximum absolute atomic E-state index is 12.9. The van der Waals surface area contributed by atoms with Gasteiger partial charge in [0.1, 0.15) is 11.5 Å². The van der Waals surface area contributed by atoms with E-state index in [2.05, 4.69) is 10.4 Å². The minimum atomic E-state index is -0.342. The highest BCUT2D eigenvalue weighted by atomic mass is 19.1. The van der Waals surface area contributed by atoms with Gasteiger partial charge >= 0.3 is 0 Å². The van der Waals surface area contributed by atoms with Gasteiger partial charge in [-0.3, -0.25) is 9.59 Å². The summed E-state index contributed by atoms with van der Waals surface area (Å²) in [6.45, 7) is 4.70. The first kappa shape index (κ1) is 15.9. The van der Waals surface area contributed by atoms with E-state index in [1.807, 2.05) is 13.8 Å². The van der Waals surface area contributed by atoms with Crippen molar-refractivity contribution in [2.24, 2.45) is 5.92 Å². The molecule has 0 aliphatic heterocycles. The van der Waals surface area contributed by atoms with E-state index in [1.54, 1.807) is 12.1 Å². The largest absolute Gasteiger partial charge is 0.350 e. The molecule has 1 N–H and O–H groups in total. The Hall–Kier alpha value is -2.50. The van der Waals surface area contributed by atoms with Crippen molar-refractivity contribution in [3.8, 4) is 0 Å². The van der Waals surface area contributed by atoms with Crippen LogP contribution in [0.25, 0.3) is 0 Å². The van der Waals surface area contributed by atoms with Gasteiger partial charge < -0.3 is 5.32 Å². The third kappa shape index (κ3) is 4.25. The molecule has 0 bridgehead atoms. The molecule has 0 fully saturated rings. The smallest absolute Gasteiger partial charge is 0.271 e. The molecule has 0 spiro atoms. The van der Waals surface area contributed by atoms with E-state index < -0.39 is 0 Å². The van der Waals surface area contributed by atoms with E-state index in [9.17, 15) is 14.0 Å². The number of halogens is 1. The number of nitrogens with zero attached hydrogens (tertiary/aromatic N) is 2.